The minimum absolute atomic E-state index is 0.475. The van der Waals surface area contributed by atoms with E-state index in [1.165, 1.54) is 19.3 Å². The maximum Gasteiger partial charge on any atom is 0.172 e. The second-order valence-corrected chi connectivity index (χ2v) is 7.48. The van der Waals surface area contributed by atoms with Crippen molar-refractivity contribution >= 4 is 34.1 Å². The Kier molecular flexibility index (Phi) is 5.90. The Balaban J connectivity index is 1.56. The summed E-state index contributed by atoms with van der Waals surface area (Å²) in [5.41, 5.74) is 3.64. The molecule has 0 aliphatic carbocycles. The normalized spacial score (nSPS) is 14.1. The monoisotopic (exact) mass is 412 g/mol. The number of halogens is 1. The molecule has 4 rings (SSSR count). The van der Waals surface area contributed by atoms with Crippen LogP contribution in [-0.4, -0.2) is 37.3 Å². The van der Waals surface area contributed by atoms with Crippen molar-refractivity contribution in [2.75, 3.05) is 37.5 Å². The van der Waals surface area contributed by atoms with E-state index < -0.39 is 0 Å². The van der Waals surface area contributed by atoms with Crippen LogP contribution in [0, 0.1) is 0 Å². The second kappa shape index (κ2) is 8.74. The van der Waals surface area contributed by atoms with Crippen LogP contribution in [0.15, 0.2) is 36.4 Å². The van der Waals surface area contributed by atoms with Crippen LogP contribution < -0.4 is 19.7 Å². The Hall–Kier alpha value is -2.73. The predicted molar refractivity (Wildman–Crippen MR) is 117 cm³/mol. The molecule has 0 saturated carbocycles. The van der Waals surface area contributed by atoms with Gasteiger partial charge in [-0.3, -0.25) is 0 Å². The molecule has 1 aliphatic heterocycles. The summed E-state index contributed by atoms with van der Waals surface area (Å²) >= 11 is 6.42. The van der Waals surface area contributed by atoms with Gasteiger partial charge in [0.25, 0.3) is 0 Å². The number of methoxy groups -OCH3 is 2. The van der Waals surface area contributed by atoms with Crippen molar-refractivity contribution in [1.29, 1.82) is 0 Å². The minimum Gasteiger partial charge on any atom is -0.497 e. The van der Waals surface area contributed by atoms with E-state index in [4.69, 9.17) is 26.1 Å². The number of hydrogen-bond donors (Lipinski definition) is 1. The van der Waals surface area contributed by atoms with Crippen LogP contribution in [0.2, 0.25) is 5.15 Å². The van der Waals surface area contributed by atoms with Gasteiger partial charge < -0.3 is 19.7 Å². The molecule has 7 heteroatoms. The molecule has 0 spiro atoms. The molecule has 2 aromatic carbocycles. The van der Waals surface area contributed by atoms with Gasteiger partial charge >= 0.3 is 0 Å². The first kappa shape index (κ1) is 19.6. The third-order valence-corrected chi connectivity index (χ3v) is 5.49. The standard InChI is InChI=1S/C22H25ClN4O2/c1-28-17-8-6-15(20(13-17)29-2)14-24-16-7-9-18-19(12-16)26-22(21(23)25-18)27-10-4-3-5-11-27/h6-9,12-13,24H,3-5,10-11,14H2,1-2H3. The molecule has 0 unspecified atom stereocenters. The number of nitrogens with one attached hydrogen (secondary N) is 1. The Bertz CT molecular complexity index is 1010. The summed E-state index contributed by atoms with van der Waals surface area (Å²) in [5, 5.41) is 3.92. The van der Waals surface area contributed by atoms with Crippen LogP contribution in [0.1, 0.15) is 24.8 Å². The molecule has 0 radical (unpaired) electrons. The van der Waals surface area contributed by atoms with Crippen molar-refractivity contribution in [3.05, 3.63) is 47.1 Å². The van der Waals surface area contributed by atoms with E-state index in [1.807, 2.05) is 36.4 Å². The van der Waals surface area contributed by atoms with Crippen LogP contribution in [0.5, 0.6) is 11.5 Å². The summed E-state index contributed by atoms with van der Waals surface area (Å²) < 4.78 is 10.7. The molecule has 1 fully saturated rings. The van der Waals surface area contributed by atoms with Gasteiger partial charge in [-0.15, -0.1) is 0 Å². The fourth-order valence-corrected chi connectivity index (χ4v) is 3.89. The maximum atomic E-state index is 6.42. The van der Waals surface area contributed by atoms with Crippen LogP contribution in [-0.2, 0) is 6.54 Å². The van der Waals surface area contributed by atoms with Gasteiger partial charge in [0, 0.05) is 37.0 Å². The SMILES string of the molecule is COc1ccc(CNc2ccc3nc(Cl)c(N4CCCCC4)nc3c2)c(OC)c1. The number of anilines is 2. The molecule has 1 aromatic heterocycles. The number of fused-ring (bicyclic) bond motifs is 1. The zero-order valence-electron chi connectivity index (χ0n) is 16.7. The van der Waals surface area contributed by atoms with Crippen molar-refractivity contribution in [2.24, 2.45) is 0 Å². The highest BCUT2D eigenvalue weighted by Gasteiger charge is 2.17. The number of ether oxygens (including phenoxy) is 2. The summed E-state index contributed by atoms with van der Waals surface area (Å²) in [6, 6.07) is 11.8. The number of hydrogen-bond acceptors (Lipinski definition) is 6. The Morgan fingerprint density at radius 1 is 0.966 bits per heavy atom. The Labute approximate surface area is 175 Å². The molecule has 0 amide bonds. The third kappa shape index (κ3) is 4.32. The van der Waals surface area contributed by atoms with Crippen molar-refractivity contribution in [1.82, 2.24) is 9.97 Å². The second-order valence-electron chi connectivity index (χ2n) is 7.12. The predicted octanol–water partition coefficient (Wildman–Crippen LogP) is 4.90. The molecule has 3 aromatic rings. The van der Waals surface area contributed by atoms with Gasteiger partial charge in [-0.25, -0.2) is 9.97 Å². The number of nitrogens with zero attached hydrogens (tertiary/aromatic N) is 3. The summed E-state index contributed by atoms with van der Waals surface area (Å²) in [5.74, 6) is 2.35. The van der Waals surface area contributed by atoms with Gasteiger partial charge in [-0.05, 0) is 49.6 Å². The minimum atomic E-state index is 0.475. The van der Waals surface area contributed by atoms with Gasteiger partial charge in [0.2, 0.25) is 0 Å². The van der Waals surface area contributed by atoms with E-state index in [1.54, 1.807) is 14.2 Å². The summed E-state index contributed by atoms with van der Waals surface area (Å²) in [6.07, 6.45) is 3.60. The quantitative estimate of drug-likeness (QED) is 0.621. The zero-order valence-corrected chi connectivity index (χ0v) is 17.5. The lowest BCUT2D eigenvalue weighted by molar-refractivity contribution is 0.391. The summed E-state index contributed by atoms with van der Waals surface area (Å²) in [7, 11) is 3.31. The molecule has 1 N–H and O–H groups in total. The van der Waals surface area contributed by atoms with Crippen molar-refractivity contribution in [2.45, 2.75) is 25.8 Å². The smallest absolute Gasteiger partial charge is 0.172 e. The molecule has 0 bridgehead atoms. The van der Waals surface area contributed by atoms with Crippen molar-refractivity contribution in [3.8, 4) is 11.5 Å². The third-order valence-electron chi connectivity index (χ3n) is 5.24. The van der Waals surface area contributed by atoms with Crippen LogP contribution in [0.4, 0.5) is 11.5 Å². The summed E-state index contributed by atoms with van der Waals surface area (Å²) in [4.78, 5) is 11.6. The van der Waals surface area contributed by atoms with Crippen molar-refractivity contribution < 1.29 is 9.47 Å². The molecule has 1 aliphatic rings. The van der Waals surface area contributed by atoms with Gasteiger partial charge in [-0.2, -0.15) is 0 Å². The Morgan fingerprint density at radius 3 is 2.55 bits per heavy atom. The first-order valence-corrected chi connectivity index (χ1v) is 10.2. The molecule has 29 heavy (non-hydrogen) atoms. The van der Waals surface area contributed by atoms with Crippen molar-refractivity contribution in [3.63, 3.8) is 0 Å². The number of piperidine rings is 1. The number of benzene rings is 2. The average molecular weight is 413 g/mol. The average Bonchev–Trinajstić information content (AvgIpc) is 2.77. The molecule has 1 saturated heterocycles. The van der Waals surface area contributed by atoms with Crippen LogP contribution in [0.25, 0.3) is 11.0 Å². The maximum absolute atomic E-state index is 6.42. The lowest BCUT2D eigenvalue weighted by Gasteiger charge is -2.28. The molecule has 152 valence electrons. The highest BCUT2D eigenvalue weighted by atomic mass is 35.5. The zero-order chi connectivity index (χ0) is 20.2. The van der Waals surface area contributed by atoms with E-state index in [0.717, 1.165) is 52.7 Å². The largest absolute Gasteiger partial charge is 0.497 e. The van der Waals surface area contributed by atoms with E-state index >= 15 is 0 Å². The first-order valence-electron chi connectivity index (χ1n) is 9.85. The lowest BCUT2D eigenvalue weighted by Crippen LogP contribution is -2.30. The number of aromatic nitrogens is 2. The number of rotatable bonds is 6. The molecular weight excluding hydrogens is 388 g/mol. The molecule has 6 nitrogen and oxygen atoms in total. The fraction of sp³-hybridized carbons (Fsp3) is 0.364. The van der Waals surface area contributed by atoms with E-state index in [-0.39, 0.29) is 0 Å². The highest BCUT2D eigenvalue weighted by Crippen LogP contribution is 2.29. The van der Waals surface area contributed by atoms with Crippen LogP contribution in [0.3, 0.4) is 0 Å². The van der Waals surface area contributed by atoms with Gasteiger partial charge in [-0.1, -0.05) is 11.6 Å². The molecule has 2 heterocycles. The molecule has 0 atom stereocenters. The van der Waals surface area contributed by atoms with Gasteiger partial charge in [0.1, 0.15) is 11.5 Å². The molecular formula is C22H25ClN4O2. The van der Waals surface area contributed by atoms with E-state index in [9.17, 15) is 0 Å². The van der Waals surface area contributed by atoms with Crippen LogP contribution >= 0.6 is 11.6 Å². The van der Waals surface area contributed by atoms with E-state index in [0.29, 0.717) is 11.7 Å². The first-order chi connectivity index (χ1) is 14.2. The Morgan fingerprint density at radius 2 is 1.79 bits per heavy atom. The summed E-state index contributed by atoms with van der Waals surface area (Å²) in [6.45, 7) is 2.59. The fourth-order valence-electron chi connectivity index (χ4n) is 3.64. The van der Waals surface area contributed by atoms with Gasteiger partial charge in [0.15, 0.2) is 11.0 Å². The topological polar surface area (TPSA) is 59.5 Å². The highest BCUT2D eigenvalue weighted by molar-refractivity contribution is 6.32. The van der Waals surface area contributed by atoms with E-state index in [2.05, 4.69) is 15.2 Å². The van der Waals surface area contributed by atoms with Gasteiger partial charge in [0.05, 0.1) is 25.3 Å². The lowest BCUT2D eigenvalue weighted by atomic mass is 10.1.